The second-order valence-electron chi connectivity index (χ2n) is 8.47. The summed E-state index contributed by atoms with van der Waals surface area (Å²) in [5.74, 6) is 0.0288. The van der Waals surface area contributed by atoms with Gasteiger partial charge in [-0.3, -0.25) is 9.69 Å². The number of hydrogen-bond acceptors (Lipinski definition) is 6. The fraction of sp³-hybridized carbons (Fsp3) is 0.458. The molecule has 1 saturated heterocycles. The minimum absolute atomic E-state index is 0.0550. The van der Waals surface area contributed by atoms with Gasteiger partial charge in [0.2, 0.25) is 0 Å². The maximum absolute atomic E-state index is 13.1. The molecule has 1 aromatic carbocycles. The van der Waals surface area contributed by atoms with Crippen molar-refractivity contribution >= 4 is 17.0 Å². The number of amides is 1. The van der Waals surface area contributed by atoms with Gasteiger partial charge in [-0.2, -0.15) is 0 Å². The van der Waals surface area contributed by atoms with Crippen LogP contribution < -0.4 is 5.32 Å². The van der Waals surface area contributed by atoms with E-state index in [1.807, 2.05) is 32.9 Å². The van der Waals surface area contributed by atoms with Crippen LogP contribution in [0, 0.1) is 6.92 Å². The lowest BCUT2D eigenvalue weighted by Crippen LogP contribution is -2.40. The van der Waals surface area contributed by atoms with Crippen LogP contribution in [-0.2, 0) is 11.3 Å². The molecule has 1 N–H and O–H groups in total. The van der Waals surface area contributed by atoms with E-state index in [0.717, 1.165) is 31.7 Å². The maximum atomic E-state index is 13.1. The monoisotopic (exact) mass is 422 g/mol. The number of hydrogen-bond donors (Lipinski definition) is 1. The highest BCUT2D eigenvalue weighted by atomic mass is 16.5. The Kier molecular flexibility index (Phi) is 6.63. The minimum Gasteiger partial charge on any atom is -0.375 e. The fourth-order valence-corrected chi connectivity index (χ4v) is 3.97. The summed E-state index contributed by atoms with van der Waals surface area (Å²) in [4.78, 5) is 20.0. The van der Waals surface area contributed by atoms with Crippen LogP contribution in [0.25, 0.3) is 11.1 Å². The third kappa shape index (κ3) is 5.11. The molecule has 1 aliphatic heterocycles. The van der Waals surface area contributed by atoms with Crippen molar-refractivity contribution in [3.05, 3.63) is 58.9 Å². The lowest BCUT2D eigenvalue weighted by molar-refractivity contribution is 0.0511. The van der Waals surface area contributed by atoms with Crippen LogP contribution in [0.1, 0.15) is 53.5 Å². The molecular formula is C24H30N4O3. The number of nitrogens with zero attached hydrogens (tertiary/aromatic N) is 3. The first-order valence-corrected chi connectivity index (χ1v) is 10.9. The molecule has 1 amide bonds. The van der Waals surface area contributed by atoms with Gasteiger partial charge in [-0.05, 0) is 30.9 Å². The van der Waals surface area contributed by atoms with Crippen molar-refractivity contribution in [1.82, 2.24) is 20.4 Å². The molecule has 3 heterocycles. The van der Waals surface area contributed by atoms with Crippen molar-refractivity contribution in [2.75, 3.05) is 26.2 Å². The highest BCUT2D eigenvalue weighted by Gasteiger charge is 2.23. The molecule has 164 valence electrons. The molecule has 7 heteroatoms. The Morgan fingerprint density at radius 1 is 1.29 bits per heavy atom. The summed E-state index contributed by atoms with van der Waals surface area (Å²) in [6.45, 7) is 9.72. The number of benzene rings is 1. The molecule has 1 atom stereocenters. The zero-order chi connectivity index (χ0) is 21.8. The second kappa shape index (κ2) is 9.58. The van der Waals surface area contributed by atoms with Crippen LogP contribution >= 0.6 is 0 Å². The Labute approximate surface area is 182 Å². The van der Waals surface area contributed by atoms with Gasteiger partial charge >= 0.3 is 0 Å². The molecule has 0 unspecified atom stereocenters. The Balaban J connectivity index is 1.45. The van der Waals surface area contributed by atoms with Crippen molar-refractivity contribution < 1.29 is 14.1 Å². The molecule has 0 spiro atoms. The molecule has 0 aliphatic carbocycles. The number of carbonyl (C=O) groups excluding carboxylic acids is 1. The average molecular weight is 423 g/mol. The minimum atomic E-state index is -0.150. The van der Waals surface area contributed by atoms with E-state index >= 15 is 0 Å². The molecular weight excluding hydrogens is 392 g/mol. The van der Waals surface area contributed by atoms with E-state index in [9.17, 15) is 4.79 Å². The van der Waals surface area contributed by atoms with E-state index in [1.54, 1.807) is 0 Å². The van der Waals surface area contributed by atoms with Crippen molar-refractivity contribution in [2.24, 2.45) is 0 Å². The maximum Gasteiger partial charge on any atom is 0.259 e. The van der Waals surface area contributed by atoms with Gasteiger partial charge in [-0.1, -0.05) is 49.3 Å². The van der Waals surface area contributed by atoms with E-state index in [-0.39, 0.29) is 17.9 Å². The number of carbonyl (C=O) groups is 1. The molecule has 0 bridgehead atoms. The van der Waals surface area contributed by atoms with Crippen LogP contribution in [-0.4, -0.2) is 53.3 Å². The van der Waals surface area contributed by atoms with Gasteiger partial charge in [0.1, 0.15) is 0 Å². The normalized spacial score (nSPS) is 17.7. The van der Waals surface area contributed by atoms with Crippen molar-refractivity contribution in [3.8, 4) is 0 Å². The molecule has 1 fully saturated rings. The number of aryl methyl sites for hydroxylation is 1. The van der Waals surface area contributed by atoms with Gasteiger partial charge in [-0.25, -0.2) is 4.98 Å². The summed E-state index contributed by atoms with van der Waals surface area (Å²) in [5, 5.41) is 7.75. The summed E-state index contributed by atoms with van der Waals surface area (Å²) in [5.41, 5.74) is 3.74. The number of fused-ring (bicyclic) bond motifs is 1. The Morgan fingerprint density at radius 3 is 2.87 bits per heavy atom. The zero-order valence-corrected chi connectivity index (χ0v) is 18.4. The molecule has 1 aliphatic rings. The standard InChI is InChI=1S/C24H30N4O3/c1-16(2)21-12-20(22-17(3)27-31-24(22)26-21)23(29)25-13-19-15-28(10-7-11-30-19)14-18-8-5-4-6-9-18/h4-6,8-9,12,16,19H,7,10-11,13-15H2,1-3H3,(H,25,29)/t19-/m0/s1. The Hall–Kier alpha value is -2.77. The summed E-state index contributed by atoms with van der Waals surface area (Å²) < 4.78 is 11.4. The molecule has 0 radical (unpaired) electrons. The van der Waals surface area contributed by atoms with E-state index in [1.165, 1.54) is 5.56 Å². The highest BCUT2D eigenvalue weighted by molar-refractivity contribution is 6.06. The Bertz CT molecular complexity index is 1030. The van der Waals surface area contributed by atoms with Crippen LogP contribution in [0.5, 0.6) is 0 Å². The van der Waals surface area contributed by atoms with Gasteiger partial charge < -0.3 is 14.6 Å². The third-order valence-corrected chi connectivity index (χ3v) is 5.65. The number of rotatable bonds is 6. The van der Waals surface area contributed by atoms with E-state index < -0.39 is 0 Å². The molecule has 7 nitrogen and oxygen atoms in total. The predicted octanol–water partition coefficient (Wildman–Crippen LogP) is 3.68. The van der Waals surface area contributed by atoms with Crippen LogP contribution in [0.2, 0.25) is 0 Å². The van der Waals surface area contributed by atoms with Gasteiger partial charge in [0.25, 0.3) is 11.6 Å². The lowest BCUT2D eigenvalue weighted by Gasteiger charge is -2.24. The van der Waals surface area contributed by atoms with Gasteiger partial charge in [-0.15, -0.1) is 0 Å². The molecule has 3 aromatic rings. The number of pyridine rings is 1. The molecule has 31 heavy (non-hydrogen) atoms. The van der Waals surface area contributed by atoms with Crippen LogP contribution in [0.3, 0.4) is 0 Å². The number of aromatic nitrogens is 2. The van der Waals surface area contributed by atoms with Crippen molar-refractivity contribution in [3.63, 3.8) is 0 Å². The molecule has 4 rings (SSSR count). The molecule has 2 aromatic heterocycles. The topological polar surface area (TPSA) is 80.5 Å². The van der Waals surface area contributed by atoms with Gasteiger partial charge in [0.05, 0.1) is 22.7 Å². The second-order valence-corrected chi connectivity index (χ2v) is 8.47. The summed E-state index contributed by atoms with van der Waals surface area (Å²) in [6.07, 6.45) is 0.931. The summed E-state index contributed by atoms with van der Waals surface area (Å²) >= 11 is 0. The van der Waals surface area contributed by atoms with Crippen molar-refractivity contribution in [2.45, 2.75) is 45.8 Å². The van der Waals surface area contributed by atoms with Crippen molar-refractivity contribution in [1.29, 1.82) is 0 Å². The van der Waals surface area contributed by atoms with E-state index in [2.05, 4.69) is 44.6 Å². The lowest BCUT2D eigenvalue weighted by atomic mass is 10.0. The van der Waals surface area contributed by atoms with Gasteiger partial charge in [0, 0.05) is 38.5 Å². The quantitative estimate of drug-likeness (QED) is 0.653. The average Bonchev–Trinajstić information content (AvgIpc) is 3.00. The third-order valence-electron chi connectivity index (χ3n) is 5.65. The fourth-order valence-electron chi connectivity index (χ4n) is 3.97. The summed E-state index contributed by atoms with van der Waals surface area (Å²) in [6, 6.07) is 12.3. The number of nitrogens with one attached hydrogen (secondary N) is 1. The van der Waals surface area contributed by atoms with Crippen LogP contribution in [0.15, 0.2) is 40.9 Å². The first-order chi connectivity index (χ1) is 15.0. The number of ether oxygens (including phenoxy) is 1. The SMILES string of the molecule is Cc1noc2nc(C(C)C)cc(C(=O)NC[C@H]3CN(Cc4ccccc4)CCCO3)c12. The Morgan fingerprint density at radius 2 is 2.10 bits per heavy atom. The highest BCUT2D eigenvalue weighted by Crippen LogP contribution is 2.25. The largest absolute Gasteiger partial charge is 0.375 e. The van der Waals surface area contributed by atoms with Gasteiger partial charge in [0.15, 0.2) is 0 Å². The first kappa shape index (κ1) is 21.5. The van der Waals surface area contributed by atoms with E-state index in [0.29, 0.717) is 35.5 Å². The summed E-state index contributed by atoms with van der Waals surface area (Å²) in [7, 11) is 0. The predicted molar refractivity (Wildman–Crippen MR) is 119 cm³/mol. The van der Waals surface area contributed by atoms with Crippen LogP contribution in [0.4, 0.5) is 0 Å². The zero-order valence-electron chi connectivity index (χ0n) is 18.4. The van der Waals surface area contributed by atoms with E-state index in [4.69, 9.17) is 9.26 Å². The first-order valence-electron chi connectivity index (χ1n) is 10.9. The smallest absolute Gasteiger partial charge is 0.259 e. The molecule has 0 saturated carbocycles.